The Morgan fingerprint density at radius 2 is 2.00 bits per heavy atom. The summed E-state index contributed by atoms with van der Waals surface area (Å²) in [6, 6.07) is 8.77. The van der Waals surface area contributed by atoms with Gasteiger partial charge in [0.1, 0.15) is 17.3 Å². The van der Waals surface area contributed by atoms with Crippen molar-refractivity contribution in [2.24, 2.45) is 11.5 Å². The lowest BCUT2D eigenvalue weighted by atomic mass is 10.1. The quantitative estimate of drug-likeness (QED) is 0.557. The first-order valence-electron chi connectivity index (χ1n) is 5.88. The largest absolute Gasteiger partial charge is 0.497 e. The Labute approximate surface area is 115 Å². The van der Waals surface area contributed by atoms with Crippen molar-refractivity contribution in [3.8, 4) is 11.5 Å². The minimum atomic E-state index is -0.566. The molecule has 0 heterocycles. The number of carbonyl (C=O) groups excluding carboxylic acids is 1. The van der Waals surface area contributed by atoms with Crippen LogP contribution in [0.15, 0.2) is 30.3 Å². The Hall–Kier alpha value is -2.76. The number of hydrogen-bond donors (Lipinski definition) is 3. The summed E-state index contributed by atoms with van der Waals surface area (Å²) >= 11 is 0. The molecule has 6 heteroatoms. The van der Waals surface area contributed by atoms with E-state index in [1.165, 1.54) is 0 Å². The zero-order chi connectivity index (χ0) is 14.7. The fourth-order valence-electron chi connectivity index (χ4n) is 1.85. The number of carbonyl (C=O) groups is 1. The molecular formula is C14H15N3O3. The van der Waals surface area contributed by atoms with Crippen LogP contribution in [-0.2, 0) is 4.79 Å². The SMILES string of the molecule is COc1cc(OCC(N)=O)c2cc(C(=N)N)ccc2c1. The molecule has 0 bridgehead atoms. The van der Waals surface area contributed by atoms with Crippen molar-refractivity contribution < 1.29 is 14.3 Å². The van der Waals surface area contributed by atoms with Crippen LogP contribution in [0, 0.1) is 5.41 Å². The first-order chi connectivity index (χ1) is 9.51. The fourth-order valence-corrected chi connectivity index (χ4v) is 1.85. The maximum atomic E-state index is 10.9. The molecule has 0 atom stereocenters. The van der Waals surface area contributed by atoms with Crippen molar-refractivity contribution in [2.75, 3.05) is 13.7 Å². The Bertz CT molecular complexity index is 683. The van der Waals surface area contributed by atoms with Gasteiger partial charge in [-0.25, -0.2) is 0 Å². The lowest BCUT2D eigenvalue weighted by Gasteiger charge is -2.11. The van der Waals surface area contributed by atoms with E-state index < -0.39 is 5.91 Å². The van der Waals surface area contributed by atoms with Gasteiger partial charge in [0.2, 0.25) is 0 Å². The monoisotopic (exact) mass is 273 g/mol. The number of amidine groups is 1. The summed E-state index contributed by atoms with van der Waals surface area (Å²) in [5, 5.41) is 9.06. The van der Waals surface area contributed by atoms with Crippen LogP contribution in [0.2, 0.25) is 0 Å². The van der Waals surface area contributed by atoms with E-state index in [1.807, 2.05) is 12.1 Å². The van der Waals surface area contributed by atoms with Crippen LogP contribution in [-0.4, -0.2) is 25.5 Å². The summed E-state index contributed by atoms with van der Waals surface area (Å²) in [4.78, 5) is 10.9. The highest BCUT2D eigenvalue weighted by Gasteiger charge is 2.09. The van der Waals surface area contributed by atoms with Gasteiger partial charge in [-0.05, 0) is 17.5 Å². The number of fused-ring (bicyclic) bond motifs is 1. The Balaban J connectivity index is 2.57. The molecule has 0 aromatic heterocycles. The van der Waals surface area contributed by atoms with Gasteiger partial charge in [0, 0.05) is 17.0 Å². The van der Waals surface area contributed by atoms with Crippen molar-refractivity contribution in [2.45, 2.75) is 0 Å². The number of primary amides is 1. The third-order valence-electron chi connectivity index (χ3n) is 2.81. The van der Waals surface area contributed by atoms with Gasteiger partial charge in [-0.2, -0.15) is 0 Å². The summed E-state index contributed by atoms with van der Waals surface area (Å²) < 4.78 is 10.6. The number of nitrogens with two attached hydrogens (primary N) is 2. The Kier molecular flexibility index (Phi) is 3.74. The average molecular weight is 273 g/mol. The smallest absolute Gasteiger partial charge is 0.255 e. The summed E-state index contributed by atoms with van der Waals surface area (Å²) in [6.07, 6.45) is 0. The molecule has 0 fully saturated rings. The standard InChI is InChI=1S/C14H15N3O3/c1-19-10-4-8-2-3-9(14(16)17)5-11(8)12(6-10)20-7-13(15)18/h2-6H,7H2,1H3,(H2,15,18)(H3,16,17). The van der Waals surface area contributed by atoms with E-state index in [4.69, 9.17) is 26.4 Å². The van der Waals surface area contributed by atoms with E-state index in [1.54, 1.807) is 25.3 Å². The van der Waals surface area contributed by atoms with Gasteiger partial charge in [-0.15, -0.1) is 0 Å². The van der Waals surface area contributed by atoms with Crippen LogP contribution in [0.3, 0.4) is 0 Å². The summed E-state index contributed by atoms with van der Waals surface area (Å²) in [5.74, 6) is 0.459. The minimum absolute atomic E-state index is 0.0384. The molecule has 0 saturated heterocycles. The number of rotatable bonds is 5. The van der Waals surface area contributed by atoms with Gasteiger partial charge in [-0.1, -0.05) is 12.1 Å². The highest BCUT2D eigenvalue weighted by atomic mass is 16.5. The third kappa shape index (κ3) is 2.80. The summed E-state index contributed by atoms with van der Waals surface area (Å²) in [7, 11) is 1.54. The topological polar surface area (TPSA) is 111 Å². The maximum Gasteiger partial charge on any atom is 0.255 e. The van der Waals surface area contributed by atoms with Gasteiger partial charge in [0.05, 0.1) is 7.11 Å². The van der Waals surface area contributed by atoms with Gasteiger partial charge < -0.3 is 20.9 Å². The minimum Gasteiger partial charge on any atom is -0.497 e. The van der Waals surface area contributed by atoms with E-state index in [-0.39, 0.29) is 12.4 Å². The van der Waals surface area contributed by atoms with Gasteiger partial charge in [0.25, 0.3) is 5.91 Å². The Morgan fingerprint density at radius 3 is 2.60 bits per heavy atom. The molecule has 2 rings (SSSR count). The average Bonchev–Trinajstić information content (AvgIpc) is 2.43. The molecule has 0 radical (unpaired) electrons. The lowest BCUT2D eigenvalue weighted by Crippen LogP contribution is -2.20. The van der Waals surface area contributed by atoms with Gasteiger partial charge in [-0.3, -0.25) is 10.2 Å². The van der Waals surface area contributed by atoms with Crippen LogP contribution >= 0.6 is 0 Å². The molecule has 20 heavy (non-hydrogen) atoms. The normalized spacial score (nSPS) is 10.2. The van der Waals surface area contributed by atoms with E-state index >= 15 is 0 Å². The maximum absolute atomic E-state index is 10.9. The molecule has 1 amide bonds. The second-order valence-electron chi connectivity index (χ2n) is 4.23. The van der Waals surface area contributed by atoms with Crippen molar-refractivity contribution in [3.05, 3.63) is 35.9 Å². The zero-order valence-electron chi connectivity index (χ0n) is 11.0. The van der Waals surface area contributed by atoms with Crippen LogP contribution in [0.4, 0.5) is 0 Å². The predicted octanol–water partition coefficient (Wildman–Crippen LogP) is 0.997. The van der Waals surface area contributed by atoms with Crippen LogP contribution in [0.5, 0.6) is 11.5 Å². The first kappa shape index (κ1) is 13.7. The molecular weight excluding hydrogens is 258 g/mol. The van der Waals surface area contributed by atoms with Gasteiger partial charge >= 0.3 is 0 Å². The molecule has 0 unspecified atom stereocenters. The van der Waals surface area contributed by atoms with Crippen LogP contribution in [0.1, 0.15) is 5.56 Å². The number of methoxy groups -OCH3 is 1. The number of hydrogen-bond acceptors (Lipinski definition) is 4. The number of benzene rings is 2. The number of nitrogen functional groups attached to an aromatic ring is 1. The molecule has 0 saturated carbocycles. The summed E-state index contributed by atoms with van der Waals surface area (Å²) in [6.45, 7) is -0.230. The number of ether oxygens (including phenoxy) is 2. The van der Waals surface area contributed by atoms with Crippen LogP contribution < -0.4 is 20.9 Å². The van der Waals surface area contributed by atoms with Crippen molar-refractivity contribution in [3.63, 3.8) is 0 Å². The second-order valence-corrected chi connectivity index (χ2v) is 4.23. The van der Waals surface area contributed by atoms with E-state index in [0.717, 1.165) is 10.8 Å². The van der Waals surface area contributed by atoms with Crippen LogP contribution in [0.25, 0.3) is 10.8 Å². The molecule has 2 aromatic rings. The molecule has 104 valence electrons. The number of nitrogens with one attached hydrogen (secondary N) is 1. The molecule has 5 N–H and O–H groups in total. The van der Waals surface area contributed by atoms with E-state index in [9.17, 15) is 4.79 Å². The fraction of sp³-hybridized carbons (Fsp3) is 0.143. The first-order valence-corrected chi connectivity index (χ1v) is 5.88. The molecule has 0 aliphatic heterocycles. The van der Waals surface area contributed by atoms with Gasteiger partial charge in [0.15, 0.2) is 6.61 Å². The molecule has 0 spiro atoms. The van der Waals surface area contributed by atoms with E-state index in [0.29, 0.717) is 17.1 Å². The highest BCUT2D eigenvalue weighted by molar-refractivity contribution is 6.01. The molecule has 6 nitrogen and oxygen atoms in total. The lowest BCUT2D eigenvalue weighted by molar-refractivity contribution is -0.119. The summed E-state index contributed by atoms with van der Waals surface area (Å²) in [5.41, 5.74) is 11.1. The second kappa shape index (κ2) is 5.48. The number of amides is 1. The predicted molar refractivity (Wildman–Crippen MR) is 76.2 cm³/mol. The molecule has 0 aliphatic carbocycles. The highest BCUT2D eigenvalue weighted by Crippen LogP contribution is 2.32. The molecule has 0 aliphatic rings. The Morgan fingerprint density at radius 1 is 1.25 bits per heavy atom. The van der Waals surface area contributed by atoms with Crippen molar-refractivity contribution in [1.82, 2.24) is 0 Å². The van der Waals surface area contributed by atoms with Crippen molar-refractivity contribution >= 4 is 22.5 Å². The third-order valence-corrected chi connectivity index (χ3v) is 2.81. The van der Waals surface area contributed by atoms with E-state index in [2.05, 4.69) is 0 Å². The zero-order valence-corrected chi connectivity index (χ0v) is 11.0. The van der Waals surface area contributed by atoms with Crippen molar-refractivity contribution in [1.29, 1.82) is 5.41 Å². The molecule has 2 aromatic carbocycles.